The van der Waals surface area contributed by atoms with E-state index in [1.54, 1.807) is 4.90 Å². The maximum atomic E-state index is 12.6. The van der Waals surface area contributed by atoms with Crippen molar-refractivity contribution in [3.8, 4) is 0 Å². The Morgan fingerprint density at radius 2 is 1.92 bits per heavy atom. The van der Waals surface area contributed by atoms with E-state index in [0.717, 1.165) is 25.3 Å². The van der Waals surface area contributed by atoms with E-state index in [0.29, 0.717) is 0 Å². The molecule has 0 radical (unpaired) electrons. The van der Waals surface area contributed by atoms with Gasteiger partial charge < -0.3 is 9.64 Å². The molecule has 0 N–H and O–H groups in total. The van der Waals surface area contributed by atoms with Gasteiger partial charge in [0.05, 0.1) is 10.5 Å². The Morgan fingerprint density at radius 3 is 2.48 bits per heavy atom. The number of amides is 1. The third-order valence-electron chi connectivity index (χ3n) is 4.46. The van der Waals surface area contributed by atoms with Crippen LogP contribution >= 0.6 is 11.6 Å². The minimum atomic E-state index is -0.967. The highest BCUT2D eigenvalue weighted by molar-refractivity contribution is 6.32. The third kappa shape index (κ3) is 4.28. The summed E-state index contributed by atoms with van der Waals surface area (Å²) in [5, 5.41) is 10.8. The Hall–Kier alpha value is -2.15. The van der Waals surface area contributed by atoms with E-state index in [4.69, 9.17) is 16.3 Å². The van der Waals surface area contributed by atoms with Gasteiger partial charge in [0, 0.05) is 18.2 Å². The largest absolute Gasteiger partial charge is 0.449 e. The summed E-state index contributed by atoms with van der Waals surface area (Å²) in [6.07, 6.45) is 1.93. The fourth-order valence-electron chi connectivity index (χ4n) is 3.12. The number of nitrogens with zero attached hydrogens (tertiary/aromatic N) is 2. The Bertz CT molecular complexity index is 684. The molecule has 1 fully saturated rings. The molecule has 1 aliphatic rings. The zero-order valence-corrected chi connectivity index (χ0v) is 15.2. The molecule has 1 amide bonds. The number of rotatable bonds is 4. The van der Waals surface area contributed by atoms with Gasteiger partial charge in [-0.2, -0.15) is 0 Å². The third-order valence-corrected chi connectivity index (χ3v) is 4.78. The van der Waals surface area contributed by atoms with Crippen LogP contribution in [0.5, 0.6) is 0 Å². The van der Waals surface area contributed by atoms with Crippen LogP contribution in [-0.2, 0) is 9.53 Å². The molecule has 1 aromatic rings. The second-order valence-electron chi connectivity index (χ2n) is 6.35. The van der Waals surface area contributed by atoms with Crippen LogP contribution in [0, 0.1) is 10.1 Å². The molecule has 25 heavy (non-hydrogen) atoms. The van der Waals surface area contributed by atoms with Gasteiger partial charge in [0.2, 0.25) is 0 Å². The highest BCUT2D eigenvalue weighted by atomic mass is 35.5. The van der Waals surface area contributed by atoms with Crippen molar-refractivity contribution >= 4 is 29.2 Å². The maximum absolute atomic E-state index is 12.6. The Kier molecular flexibility index (Phi) is 6.00. The first kappa shape index (κ1) is 19.2. The first-order chi connectivity index (χ1) is 11.7. The Morgan fingerprint density at radius 1 is 1.32 bits per heavy atom. The van der Waals surface area contributed by atoms with Crippen LogP contribution in [0.25, 0.3) is 0 Å². The second kappa shape index (κ2) is 7.82. The molecule has 3 atom stereocenters. The molecule has 0 saturated carbocycles. The molecule has 1 aliphatic heterocycles. The monoisotopic (exact) mass is 368 g/mol. The number of nitro groups is 1. The van der Waals surface area contributed by atoms with E-state index in [-0.39, 0.29) is 34.3 Å². The zero-order valence-electron chi connectivity index (χ0n) is 14.4. The van der Waals surface area contributed by atoms with Crippen molar-refractivity contribution in [1.82, 2.24) is 4.90 Å². The van der Waals surface area contributed by atoms with E-state index < -0.39 is 17.0 Å². The number of piperidine rings is 1. The summed E-state index contributed by atoms with van der Waals surface area (Å²) >= 11 is 5.73. The fourth-order valence-corrected chi connectivity index (χ4v) is 3.31. The molecular weight excluding hydrogens is 348 g/mol. The lowest BCUT2D eigenvalue weighted by Crippen LogP contribution is -2.51. The number of hydrogen-bond acceptors (Lipinski definition) is 5. The van der Waals surface area contributed by atoms with Crippen molar-refractivity contribution in [1.29, 1.82) is 0 Å². The lowest BCUT2D eigenvalue weighted by molar-refractivity contribution is -0.384. The maximum Gasteiger partial charge on any atom is 0.339 e. The molecule has 8 heteroatoms. The predicted octanol–water partition coefficient (Wildman–Crippen LogP) is 3.58. The number of esters is 1. The molecule has 2 rings (SSSR count). The number of ether oxygens (including phenoxy) is 1. The Balaban J connectivity index is 2.10. The molecule has 1 aromatic carbocycles. The minimum Gasteiger partial charge on any atom is -0.449 e. The van der Waals surface area contributed by atoms with Crippen molar-refractivity contribution in [2.24, 2.45) is 0 Å². The minimum absolute atomic E-state index is 0.0181. The van der Waals surface area contributed by atoms with Crippen molar-refractivity contribution in [2.75, 3.05) is 0 Å². The lowest BCUT2D eigenvalue weighted by atomic mass is 9.97. The molecule has 0 aromatic heterocycles. The van der Waals surface area contributed by atoms with Crippen LogP contribution in [0.15, 0.2) is 18.2 Å². The van der Waals surface area contributed by atoms with Gasteiger partial charge in [0.15, 0.2) is 6.10 Å². The van der Waals surface area contributed by atoms with E-state index in [2.05, 4.69) is 0 Å². The number of likely N-dealkylation sites (tertiary alicyclic amines) is 1. The van der Waals surface area contributed by atoms with E-state index in [1.165, 1.54) is 19.1 Å². The second-order valence-corrected chi connectivity index (χ2v) is 6.75. The van der Waals surface area contributed by atoms with Gasteiger partial charge >= 0.3 is 5.97 Å². The average Bonchev–Trinajstić information content (AvgIpc) is 2.54. The summed E-state index contributed by atoms with van der Waals surface area (Å²) in [6.45, 7) is 5.47. The van der Waals surface area contributed by atoms with Gasteiger partial charge in [-0.3, -0.25) is 14.9 Å². The van der Waals surface area contributed by atoms with Crippen LogP contribution in [0.3, 0.4) is 0 Å². The van der Waals surface area contributed by atoms with Crippen LogP contribution < -0.4 is 0 Å². The number of carbonyl (C=O) groups excluding carboxylic acids is 2. The van der Waals surface area contributed by atoms with Gasteiger partial charge in [-0.25, -0.2) is 4.79 Å². The molecule has 7 nitrogen and oxygen atoms in total. The summed E-state index contributed by atoms with van der Waals surface area (Å²) in [4.78, 5) is 36.9. The van der Waals surface area contributed by atoms with E-state index in [9.17, 15) is 19.7 Å². The van der Waals surface area contributed by atoms with Gasteiger partial charge in [-0.05, 0) is 52.2 Å². The highest BCUT2D eigenvalue weighted by Gasteiger charge is 2.33. The lowest BCUT2D eigenvalue weighted by Gasteiger charge is -2.40. The first-order valence-electron chi connectivity index (χ1n) is 8.19. The number of nitro benzene ring substituents is 1. The number of benzene rings is 1. The number of halogens is 1. The fraction of sp³-hybridized carbons (Fsp3) is 0.529. The van der Waals surface area contributed by atoms with E-state index in [1.807, 2.05) is 13.8 Å². The first-order valence-corrected chi connectivity index (χ1v) is 8.57. The molecule has 136 valence electrons. The van der Waals surface area contributed by atoms with Crippen molar-refractivity contribution in [3.05, 3.63) is 38.9 Å². The summed E-state index contributed by atoms with van der Waals surface area (Å²) in [6, 6.07) is 3.83. The molecule has 1 saturated heterocycles. The topological polar surface area (TPSA) is 89.8 Å². The SMILES string of the molecule is C[C@@H]1CCC[C@@H](C)N1C(=O)[C@@H](C)OC(=O)c1ccc(Cl)c([N+](=O)[O-])c1. The van der Waals surface area contributed by atoms with Gasteiger partial charge in [0.25, 0.3) is 11.6 Å². The Labute approximate surface area is 151 Å². The van der Waals surface area contributed by atoms with Gasteiger partial charge in [0.1, 0.15) is 5.02 Å². The van der Waals surface area contributed by atoms with Crippen molar-refractivity contribution < 1.29 is 19.2 Å². The molecule has 0 aliphatic carbocycles. The van der Waals surface area contributed by atoms with Gasteiger partial charge in [-0.15, -0.1) is 0 Å². The summed E-state index contributed by atoms with van der Waals surface area (Å²) in [5.41, 5.74) is -0.399. The summed E-state index contributed by atoms with van der Waals surface area (Å²) in [7, 11) is 0. The number of carbonyl (C=O) groups is 2. The standard InChI is InChI=1S/C17H21ClN2O5/c1-10-5-4-6-11(2)19(10)16(21)12(3)25-17(22)13-7-8-14(18)15(9-13)20(23)24/h7-12H,4-6H2,1-3H3/t10-,11-,12-/m1/s1. The van der Waals surface area contributed by atoms with Crippen LogP contribution in [0.2, 0.25) is 5.02 Å². The smallest absolute Gasteiger partial charge is 0.339 e. The average molecular weight is 369 g/mol. The quantitative estimate of drug-likeness (QED) is 0.460. The van der Waals surface area contributed by atoms with Gasteiger partial charge in [-0.1, -0.05) is 11.6 Å². The van der Waals surface area contributed by atoms with E-state index >= 15 is 0 Å². The summed E-state index contributed by atoms with van der Waals surface area (Å²) in [5.74, 6) is -1.05. The summed E-state index contributed by atoms with van der Waals surface area (Å²) < 4.78 is 5.23. The highest BCUT2D eigenvalue weighted by Crippen LogP contribution is 2.26. The predicted molar refractivity (Wildman–Crippen MR) is 92.6 cm³/mol. The van der Waals surface area contributed by atoms with Crippen LogP contribution in [0.1, 0.15) is 50.4 Å². The number of hydrogen-bond donors (Lipinski definition) is 0. The van der Waals surface area contributed by atoms with Crippen LogP contribution in [0.4, 0.5) is 5.69 Å². The van der Waals surface area contributed by atoms with Crippen molar-refractivity contribution in [3.63, 3.8) is 0 Å². The molecule has 0 spiro atoms. The normalized spacial score (nSPS) is 21.5. The van der Waals surface area contributed by atoms with Crippen molar-refractivity contribution in [2.45, 2.75) is 58.2 Å². The molecular formula is C17H21ClN2O5. The zero-order chi connectivity index (χ0) is 18.7. The molecule has 1 heterocycles. The molecule has 0 unspecified atom stereocenters. The van der Waals surface area contributed by atoms with Crippen LogP contribution in [-0.4, -0.2) is 39.9 Å². The molecule has 0 bridgehead atoms.